The zero-order chi connectivity index (χ0) is 13.2. The lowest BCUT2D eigenvalue weighted by Crippen LogP contribution is -2.44. The molecule has 2 atom stereocenters. The van der Waals surface area contributed by atoms with E-state index in [-0.39, 0.29) is 12.1 Å². The van der Waals surface area contributed by atoms with Crippen molar-refractivity contribution in [3.05, 3.63) is 12.2 Å². The maximum absolute atomic E-state index is 12.0. The molecule has 2 aliphatic rings. The van der Waals surface area contributed by atoms with Gasteiger partial charge in [0.15, 0.2) is 9.84 Å². The second kappa shape index (κ2) is 5.30. The third kappa shape index (κ3) is 3.25. The molecule has 18 heavy (non-hydrogen) atoms. The topological polar surface area (TPSA) is 66.5 Å². The molecule has 1 saturated heterocycles. The highest BCUT2D eigenvalue weighted by Crippen LogP contribution is 2.17. The average molecular weight is 272 g/mol. The van der Waals surface area contributed by atoms with Crippen LogP contribution in [0.2, 0.25) is 0 Å². The molecule has 0 spiro atoms. The first kappa shape index (κ1) is 13.4. The highest BCUT2D eigenvalue weighted by molar-refractivity contribution is 7.91. The van der Waals surface area contributed by atoms with Gasteiger partial charge in [-0.2, -0.15) is 0 Å². The van der Waals surface area contributed by atoms with E-state index in [1.807, 2.05) is 6.08 Å². The van der Waals surface area contributed by atoms with Crippen LogP contribution < -0.4 is 5.32 Å². The quantitative estimate of drug-likeness (QED) is 0.760. The molecule has 1 heterocycles. The van der Waals surface area contributed by atoms with Crippen molar-refractivity contribution >= 4 is 15.9 Å². The monoisotopic (exact) mass is 272 g/mol. The van der Waals surface area contributed by atoms with E-state index < -0.39 is 15.1 Å². The van der Waals surface area contributed by atoms with Gasteiger partial charge in [0.05, 0.1) is 5.25 Å². The summed E-state index contributed by atoms with van der Waals surface area (Å²) in [6, 6.07) is -0.0405. The van der Waals surface area contributed by atoms with Crippen molar-refractivity contribution in [1.82, 2.24) is 10.2 Å². The number of amides is 2. The maximum atomic E-state index is 12.0. The van der Waals surface area contributed by atoms with Crippen LogP contribution in [-0.2, 0) is 9.84 Å². The van der Waals surface area contributed by atoms with Crippen LogP contribution in [0.5, 0.6) is 0 Å². The predicted octanol–water partition coefficient (Wildman–Crippen LogP) is 0.924. The van der Waals surface area contributed by atoms with Gasteiger partial charge >= 0.3 is 6.03 Å². The van der Waals surface area contributed by atoms with Crippen molar-refractivity contribution in [1.29, 1.82) is 0 Å². The molecule has 1 N–H and O–H groups in total. The Morgan fingerprint density at radius 1 is 1.39 bits per heavy atom. The van der Waals surface area contributed by atoms with Crippen LogP contribution in [0.1, 0.15) is 25.7 Å². The first-order valence-corrected chi connectivity index (χ1v) is 8.33. The Morgan fingerprint density at radius 3 is 2.72 bits per heavy atom. The van der Waals surface area contributed by atoms with Crippen molar-refractivity contribution in [2.24, 2.45) is 0 Å². The van der Waals surface area contributed by atoms with Gasteiger partial charge in [-0.15, -0.1) is 0 Å². The van der Waals surface area contributed by atoms with Gasteiger partial charge in [-0.1, -0.05) is 12.2 Å². The highest BCUT2D eigenvalue weighted by atomic mass is 32.2. The van der Waals surface area contributed by atoms with Gasteiger partial charge in [0.1, 0.15) is 0 Å². The molecule has 0 aromatic rings. The summed E-state index contributed by atoms with van der Waals surface area (Å²) in [7, 11) is -3.04. The van der Waals surface area contributed by atoms with Crippen LogP contribution in [0.25, 0.3) is 0 Å². The van der Waals surface area contributed by atoms with E-state index in [4.69, 9.17) is 0 Å². The SMILES string of the molecule is CS(=O)(=O)[C@H]1CCN(C(=O)N[C@H]2C=CCCC2)C1. The lowest BCUT2D eigenvalue weighted by molar-refractivity contribution is 0.206. The summed E-state index contributed by atoms with van der Waals surface area (Å²) in [5, 5.41) is 2.54. The minimum Gasteiger partial charge on any atom is -0.332 e. The molecule has 2 rings (SSSR count). The second-order valence-electron chi connectivity index (χ2n) is 5.10. The Labute approximate surface area is 108 Å². The first-order valence-electron chi connectivity index (χ1n) is 6.38. The third-order valence-electron chi connectivity index (χ3n) is 3.60. The van der Waals surface area contributed by atoms with Crippen LogP contribution in [0.4, 0.5) is 4.79 Å². The van der Waals surface area contributed by atoms with Gasteiger partial charge < -0.3 is 10.2 Å². The van der Waals surface area contributed by atoms with Crippen LogP contribution in [0, 0.1) is 0 Å². The van der Waals surface area contributed by atoms with Gasteiger partial charge in [0.25, 0.3) is 0 Å². The lowest BCUT2D eigenvalue weighted by Gasteiger charge is -2.23. The van der Waals surface area contributed by atoms with Crippen LogP contribution >= 0.6 is 0 Å². The summed E-state index contributed by atoms with van der Waals surface area (Å²) >= 11 is 0. The fraction of sp³-hybridized carbons (Fsp3) is 0.750. The van der Waals surface area contributed by atoms with Gasteiger partial charge in [0.2, 0.25) is 0 Å². The molecular formula is C12H20N2O3S. The number of carbonyl (C=O) groups is 1. The minimum absolute atomic E-state index is 0.100. The van der Waals surface area contributed by atoms with E-state index in [9.17, 15) is 13.2 Å². The van der Waals surface area contributed by atoms with Crippen molar-refractivity contribution in [2.75, 3.05) is 19.3 Å². The largest absolute Gasteiger partial charge is 0.332 e. The Bertz CT molecular complexity index is 444. The average Bonchev–Trinajstić information content (AvgIpc) is 2.79. The maximum Gasteiger partial charge on any atom is 0.317 e. The van der Waals surface area contributed by atoms with Crippen molar-refractivity contribution < 1.29 is 13.2 Å². The second-order valence-corrected chi connectivity index (χ2v) is 7.43. The molecule has 0 aromatic heterocycles. The van der Waals surface area contributed by atoms with Gasteiger partial charge in [-0.3, -0.25) is 0 Å². The third-order valence-corrected chi connectivity index (χ3v) is 5.20. The summed E-state index contributed by atoms with van der Waals surface area (Å²) in [6.07, 6.45) is 9.02. The first-order chi connectivity index (χ1) is 8.47. The van der Waals surface area contributed by atoms with Crippen molar-refractivity contribution in [3.63, 3.8) is 0 Å². The highest BCUT2D eigenvalue weighted by Gasteiger charge is 2.32. The fourth-order valence-corrected chi connectivity index (χ4v) is 3.43. The number of sulfone groups is 1. The normalized spacial score (nSPS) is 28.4. The minimum atomic E-state index is -3.04. The molecule has 6 heteroatoms. The molecule has 2 amide bonds. The molecular weight excluding hydrogens is 252 g/mol. The number of hydrogen-bond donors (Lipinski definition) is 1. The molecule has 0 radical (unpaired) electrons. The van der Waals surface area contributed by atoms with E-state index in [0.29, 0.717) is 19.5 Å². The fourth-order valence-electron chi connectivity index (χ4n) is 2.44. The van der Waals surface area contributed by atoms with E-state index in [1.165, 1.54) is 6.26 Å². The number of hydrogen-bond acceptors (Lipinski definition) is 3. The number of urea groups is 1. The summed E-state index contributed by atoms with van der Waals surface area (Å²) < 4.78 is 22.8. The van der Waals surface area contributed by atoms with Gasteiger partial charge in [0, 0.05) is 25.4 Å². The lowest BCUT2D eigenvalue weighted by atomic mass is 10.0. The standard InChI is InChI=1S/C12H20N2O3S/c1-18(16,17)11-7-8-14(9-11)12(15)13-10-5-3-2-4-6-10/h3,5,10-11H,2,4,6-9H2,1H3,(H,13,15)/t10-,11-/m0/s1. The van der Waals surface area contributed by atoms with Crippen LogP contribution in [-0.4, -0.2) is 50.0 Å². The van der Waals surface area contributed by atoms with Crippen LogP contribution in [0.3, 0.4) is 0 Å². The number of carbonyl (C=O) groups excluding carboxylic acids is 1. The number of rotatable bonds is 2. The van der Waals surface area contributed by atoms with Crippen molar-refractivity contribution in [3.8, 4) is 0 Å². The van der Waals surface area contributed by atoms with Gasteiger partial charge in [-0.25, -0.2) is 13.2 Å². The molecule has 0 bridgehead atoms. The molecule has 102 valence electrons. The zero-order valence-corrected chi connectivity index (χ0v) is 11.4. The predicted molar refractivity (Wildman–Crippen MR) is 70.1 cm³/mol. The summed E-state index contributed by atoms with van der Waals surface area (Å²) in [4.78, 5) is 13.6. The number of allylic oxidation sites excluding steroid dienone is 1. The van der Waals surface area contributed by atoms with Crippen LogP contribution in [0.15, 0.2) is 12.2 Å². The molecule has 0 unspecified atom stereocenters. The summed E-state index contributed by atoms with van der Waals surface area (Å²) in [5.74, 6) is 0. The van der Waals surface area contributed by atoms with Crippen molar-refractivity contribution in [2.45, 2.75) is 37.0 Å². The molecule has 1 fully saturated rings. The Kier molecular flexibility index (Phi) is 3.94. The van der Waals surface area contributed by atoms with E-state index in [0.717, 1.165) is 19.3 Å². The van der Waals surface area contributed by atoms with E-state index >= 15 is 0 Å². The van der Waals surface area contributed by atoms with Gasteiger partial charge in [-0.05, 0) is 25.7 Å². The number of nitrogens with zero attached hydrogens (tertiary/aromatic N) is 1. The number of likely N-dealkylation sites (tertiary alicyclic amines) is 1. The zero-order valence-electron chi connectivity index (χ0n) is 10.6. The molecule has 1 aliphatic heterocycles. The smallest absolute Gasteiger partial charge is 0.317 e. The number of nitrogens with one attached hydrogen (secondary N) is 1. The van der Waals surface area contributed by atoms with E-state index in [2.05, 4.69) is 11.4 Å². The summed E-state index contributed by atoms with van der Waals surface area (Å²) in [5.41, 5.74) is 0. The Hall–Kier alpha value is -1.04. The van der Waals surface area contributed by atoms with E-state index in [1.54, 1.807) is 4.90 Å². The molecule has 0 saturated carbocycles. The Balaban J connectivity index is 1.87. The molecule has 0 aromatic carbocycles. The molecule has 5 nitrogen and oxygen atoms in total. The Morgan fingerprint density at radius 2 is 2.17 bits per heavy atom. The summed E-state index contributed by atoms with van der Waals surface area (Å²) in [6.45, 7) is 0.848. The molecule has 1 aliphatic carbocycles.